The quantitative estimate of drug-likeness (QED) is 0.288. The highest BCUT2D eigenvalue weighted by molar-refractivity contribution is 6.01. The second kappa shape index (κ2) is 11.5. The van der Waals surface area contributed by atoms with E-state index in [1.807, 2.05) is 48.5 Å². The number of ether oxygens (including phenoxy) is 1. The Balaban J connectivity index is 1.34. The molecule has 2 atom stereocenters. The van der Waals surface area contributed by atoms with Crippen molar-refractivity contribution in [2.45, 2.75) is 25.4 Å². The molecule has 0 saturated heterocycles. The van der Waals surface area contributed by atoms with Gasteiger partial charge in [0.1, 0.15) is 18.2 Å². The molecule has 0 spiro atoms. The summed E-state index contributed by atoms with van der Waals surface area (Å²) >= 11 is 0. The molecule has 40 heavy (non-hydrogen) atoms. The fourth-order valence-electron chi connectivity index (χ4n) is 4.63. The SMILES string of the molecule is C[C@H](NC(=O)c1cccnc1N[C@@H](COc1ccc2c(c1)CC(=O)N2C)c1ccccc1)c1ccc(F)c(F)c1. The summed E-state index contributed by atoms with van der Waals surface area (Å²) in [4.78, 5) is 31.3. The van der Waals surface area contributed by atoms with Gasteiger partial charge in [0, 0.05) is 18.9 Å². The van der Waals surface area contributed by atoms with Crippen LogP contribution < -0.4 is 20.3 Å². The van der Waals surface area contributed by atoms with Crippen molar-refractivity contribution in [3.63, 3.8) is 0 Å². The molecule has 9 heteroatoms. The molecule has 7 nitrogen and oxygen atoms in total. The lowest BCUT2D eigenvalue weighted by atomic mass is 10.1. The summed E-state index contributed by atoms with van der Waals surface area (Å²) in [7, 11) is 1.75. The third-order valence-electron chi connectivity index (χ3n) is 6.90. The maximum Gasteiger partial charge on any atom is 0.255 e. The predicted molar refractivity (Wildman–Crippen MR) is 148 cm³/mol. The molecular weight excluding hydrogens is 514 g/mol. The molecule has 3 aromatic carbocycles. The molecule has 2 N–H and O–H groups in total. The van der Waals surface area contributed by atoms with Crippen molar-refractivity contribution < 1.29 is 23.1 Å². The van der Waals surface area contributed by atoms with Crippen LogP contribution in [0.25, 0.3) is 0 Å². The minimum atomic E-state index is -0.977. The van der Waals surface area contributed by atoms with Crippen LogP contribution >= 0.6 is 0 Å². The van der Waals surface area contributed by atoms with Crippen molar-refractivity contribution >= 4 is 23.3 Å². The fourth-order valence-corrected chi connectivity index (χ4v) is 4.63. The summed E-state index contributed by atoms with van der Waals surface area (Å²) in [5.41, 5.74) is 3.43. The monoisotopic (exact) mass is 542 g/mol. The molecule has 204 valence electrons. The molecule has 0 unspecified atom stereocenters. The van der Waals surface area contributed by atoms with E-state index in [-0.39, 0.29) is 24.1 Å². The minimum absolute atomic E-state index is 0.0378. The molecule has 0 radical (unpaired) electrons. The molecule has 4 aromatic rings. The van der Waals surface area contributed by atoms with Crippen molar-refractivity contribution in [2.75, 3.05) is 23.9 Å². The zero-order valence-corrected chi connectivity index (χ0v) is 22.0. The van der Waals surface area contributed by atoms with Gasteiger partial charge in [0.25, 0.3) is 5.91 Å². The van der Waals surface area contributed by atoms with E-state index in [4.69, 9.17) is 4.74 Å². The summed E-state index contributed by atoms with van der Waals surface area (Å²) in [6.07, 6.45) is 1.91. The van der Waals surface area contributed by atoms with E-state index in [0.717, 1.165) is 28.9 Å². The Hall–Kier alpha value is -4.79. The van der Waals surface area contributed by atoms with Crippen molar-refractivity contribution in [3.8, 4) is 5.75 Å². The highest BCUT2D eigenvalue weighted by atomic mass is 19.2. The molecule has 0 bridgehead atoms. The number of nitrogens with zero attached hydrogens (tertiary/aromatic N) is 2. The van der Waals surface area contributed by atoms with E-state index in [0.29, 0.717) is 23.6 Å². The van der Waals surface area contributed by atoms with E-state index in [1.54, 1.807) is 37.2 Å². The fraction of sp³-hybridized carbons (Fsp3) is 0.194. The summed E-state index contributed by atoms with van der Waals surface area (Å²) in [5, 5.41) is 6.17. The Morgan fingerprint density at radius 1 is 1.00 bits per heavy atom. The highest BCUT2D eigenvalue weighted by Crippen LogP contribution is 2.31. The number of pyridine rings is 1. The molecule has 2 heterocycles. The largest absolute Gasteiger partial charge is 0.491 e. The first-order valence-corrected chi connectivity index (χ1v) is 12.8. The Morgan fingerprint density at radius 2 is 1.80 bits per heavy atom. The number of hydrogen-bond donors (Lipinski definition) is 2. The van der Waals surface area contributed by atoms with E-state index >= 15 is 0 Å². The number of carbonyl (C=O) groups excluding carboxylic acids is 2. The van der Waals surface area contributed by atoms with Crippen LogP contribution in [-0.2, 0) is 11.2 Å². The number of rotatable bonds is 9. The standard InChI is InChI=1S/C31H28F2N4O3/c1-19(21-10-12-25(32)26(33)16-21)35-31(39)24-9-6-14-34-30(24)36-27(20-7-4-3-5-8-20)18-40-23-11-13-28-22(15-23)17-29(38)37(28)2/h3-16,19,27H,17-18H2,1-2H3,(H,34,36)(H,35,39)/t19-,27-/m0/s1. The maximum atomic E-state index is 13.7. The number of fused-ring (bicyclic) bond motifs is 1. The maximum absolute atomic E-state index is 13.7. The number of amides is 2. The van der Waals surface area contributed by atoms with Crippen molar-refractivity contribution in [3.05, 3.63) is 119 Å². The molecule has 1 aliphatic heterocycles. The lowest BCUT2D eigenvalue weighted by molar-refractivity contribution is -0.117. The average Bonchev–Trinajstić information content (AvgIpc) is 3.25. The van der Waals surface area contributed by atoms with Crippen molar-refractivity contribution in [1.29, 1.82) is 0 Å². The van der Waals surface area contributed by atoms with Gasteiger partial charge in [-0.05, 0) is 66.1 Å². The number of likely N-dealkylation sites (N-methyl/N-ethyl adjacent to an activating group) is 1. The molecule has 1 aliphatic rings. The summed E-state index contributed by atoms with van der Waals surface area (Å²) < 4.78 is 33.2. The van der Waals surface area contributed by atoms with Crippen LogP contribution in [0.5, 0.6) is 5.75 Å². The molecular formula is C31H28F2N4O3. The zero-order valence-electron chi connectivity index (χ0n) is 22.0. The van der Waals surface area contributed by atoms with Crippen molar-refractivity contribution in [1.82, 2.24) is 10.3 Å². The van der Waals surface area contributed by atoms with Gasteiger partial charge < -0.3 is 20.3 Å². The Bertz CT molecular complexity index is 1550. The smallest absolute Gasteiger partial charge is 0.255 e. The summed E-state index contributed by atoms with van der Waals surface area (Å²) in [6.45, 7) is 1.91. The number of aromatic nitrogens is 1. The second-order valence-electron chi connectivity index (χ2n) is 9.61. The minimum Gasteiger partial charge on any atom is -0.491 e. The van der Waals surface area contributed by atoms with E-state index in [1.165, 1.54) is 6.07 Å². The molecule has 0 fully saturated rings. The van der Waals surface area contributed by atoms with Gasteiger partial charge >= 0.3 is 0 Å². The van der Waals surface area contributed by atoms with Crippen molar-refractivity contribution in [2.24, 2.45) is 0 Å². The number of carbonyl (C=O) groups is 2. The van der Waals surface area contributed by atoms with Gasteiger partial charge in [-0.1, -0.05) is 36.4 Å². The van der Waals surface area contributed by atoms with E-state index < -0.39 is 23.6 Å². The number of anilines is 2. The molecule has 2 amide bonds. The first-order chi connectivity index (χ1) is 19.3. The lowest BCUT2D eigenvalue weighted by Gasteiger charge is -2.22. The van der Waals surface area contributed by atoms with E-state index in [2.05, 4.69) is 15.6 Å². The lowest BCUT2D eigenvalue weighted by Crippen LogP contribution is -2.29. The van der Waals surface area contributed by atoms with E-state index in [9.17, 15) is 18.4 Å². The average molecular weight is 543 g/mol. The number of benzene rings is 3. The Labute approximate surface area is 230 Å². The van der Waals surface area contributed by atoms with Crippen LogP contribution in [-0.4, -0.2) is 30.5 Å². The second-order valence-corrected chi connectivity index (χ2v) is 9.61. The van der Waals surface area contributed by atoms with Crippen LogP contribution in [0, 0.1) is 11.6 Å². The van der Waals surface area contributed by atoms with Gasteiger partial charge in [-0.2, -0.15) is 0 Å². The van der Waals surface area contributed by atoms with Gasteiger partial charge in [-0.25, -0.2) is 13.8 Å². The number of nitrogens with one attached hydrogen (secondary N) is 2. The van der Waals surface area contributed by atoms with Crippen LogP contribution in [0.2, 0.25) is 0 Å². The zero-order chi connectivity index (χ0) is 28.2. The van der Waals surface area contributed by atoms with Gasteiger partial charge in [-0.3, -0.25) is 9.59 Å². The first-order valence-electron chi connectivity index (χ1n) is 12.8. The topological polar surface area (TPSA) is 83.6 Å². The van der Waals surface area contributed by atoms with Crippen LogP contribution in [0.3, 0.4) is 0 Å². The van der Waals surface area contributed by atoms with Gasteiger partial charge in [-0.15, -0.1) is 0 Å². The predicted octanol–water partition coefficient (Wildman–Crippen LogP) is 5.60. The third-order valence-corrected chi connectivity index (χ3v) is 6.90. The Kier molecular flexibility index (Phi) is 7.72. The van der Waals surface area contributed by atoms with Crippen LogP contribution in [0.1, 0.15) is 46.1 Å². The highest BCUT2D eigenvalue weighted by Gasteiger charge is 2.25. The molecule has 5 rings (SSSR count). The van der Waals surface area contributed by atoms with Crippen LogP contribution in [0.15, 0.2) is 85.1 Å². The summed E-state index contributed by atoms with van der Waals surface area (Å²) in [5.74, 6) is -1.34. The molecule has 0 aliphatic carbocycles. The first kappa shape index (κ1) is 26.8. The van der Waals surface area contributed by atoms with Gasteiger partial charge in [0.15, 0.2) is 11.6 Å². The van der Waals surface area contributed by atoms with Gasteiger partial charge in [0.05, 0.1) is 24.1 Å². The normalized spacial score (nSPS) is 13.9. The Morgan fingerprint density at radius 3 is 2.58 bits per heavy atom. The molecule has 1 aromatic heterocycles. The molecule has 0 saturated carbocycles. The van der Waals surface area contributed by atoms with Gasteiger partial charge in [0.2, 0.25) is 5.91 Å². The van der Waals surface area contributed by atoms with Crippen LogP contribution in [0.4, 0.5) is 20.3 Å². The number of halogens is 2. The third kappa shape index (κ3) is 5.78. The number of hydrogen-bond acceptors (Lipinski definition) is 5. The summed E-state index contributed by atoms with van der Waals surface area (Å²) in [6, 6.07) is 21.1.